The third-order valence-electron chi connectivity index (χ3n) is 5.54. The zero-order valence-electron chi connectivity index (χ0n) is 20.7. The number of aryl methyl sites for hydroxylation is 3. The number of anilines is 3. The van der Waals surface area contributed by atoms with Crippen molar-refractivity contribution in [1.82, 2.24) is 9.88 Å². The molecule has 3 N–H and O–H groups in total. The van der Waals surface area contributed by atoms with Crippen LogP contribution in [0.5, 0.6) is 0 Å². The summed E-state index contributed by atoms with van der Waals surface area (Å²) in [5.74, 6) is -0.612. The zero-order valence-corrected chi connectivity index (χ0v) is 21.5. The standard InChI is InChI=1S/C26H31N5O3S/c1-6-31(13-24(33)28-21-9-7-20(8-10-21)27-19(5)32)14-25(34)30-26-29-23(15-35-26)22-12-17(3)16(2)11-18(22)4/h7-12,15H,6,13-14H2,1-5H3,(H,27,32)(H,28,33)(H,29,30,34). The van der Waals surface area contributed by atoms with Crippen LogP contribution in [0, 0.1) is 20.8 Å². The van der Waals surface area contributed by atoms with Crippen LogP contribution >= 0.6 is 11.3 Å². The van der Waals surface area contributed by atoms with Gasteiger partial charge in [-0.25, -0.2) is 4.98 Å². The Morgan fingerprint density at radius 2 is 1.43 bits per heavy atom. The van der Waals surface area contributed by atoms with Crippen molar-refractivity contribution in [3.05, 3.63) is 58.5 Å². The second kappa shape index (κ2) is 11.7. The summed E-state index contributed by atoms with van der Waals surface area (Å²) in [5, 5.41) is 10.8. The summed E-state index contributed by atoms with van der Waals surface area (Å²) >= 11 is 1.38. The van der Waals surface area contributed by atoms with E-state index in [9.17, 15) is 14.4 Å². The fourth-order valence-corrected chi connectivity index (χ4v) is 4.30. The van der Waals surface area contributed by atoms with Crippen molar-refractivity contribution < 1.29 is 14.4 Å². The molecule has 0 radical (unpaired) electrons. The smallest absolute Gasteiger partial charge is 0.240 e. The normalized spacial score (nSPS) is 10.8. The first-order valence-electron chi connectivity index (χ1n) is 11.4. The van der Waals surface area contributed by atoms with Crippen LogP contribution in [0.1, 0.15) is 30.5 Å². The Balaban J connectivity index is 1.54. The van der Waals surface area contributed by atoms with Crippen molar-refractivity contribution in [2.24, 2.45) is 0 Å². The quantitative estimate of drug-likeness (QED) is 0.404. The first-order chi connectivity index (χ1) is 16.6. The summed E-state index contributed by atoms with van der Waals surface area (Å²) in [7, 11) is 0. The molecule has 9 heteroatoms. The predicted molar refractivity (Wildman–Crippen MR) is 142 cm³/mol. The lowest BCUT2D eigenvalue weighted by Gasteiger charge is -2.19. The minimum Gasteiger partial charge on any atom is -0.326 e. The summed E-state index contributed by atoms with van der Waals surface area (Å²) in [5.41, 5.74) is 6.74. The number of rotatable bonds is 9. The van der Waals surface area contributed by atoms with E-state index in [0.717, 1.165) is 16.8 Å². The second-order valence-corrected chi connectivity index (χ2v) is 9.31. The first kappa shape index (κ1) is 26.1. The molecule has 8 nitrogen and oxygen atoms in total. The molecule has 0 fully saturated rings. The van der Waals surface area contributed by atoms with Gasteiger partial charge in [0.2, 0.25) is 17.7 Å². The zero-order chi connectivity index (χ0) is 25.5. The average molecular weight is 494 g/mol. The van der Waals surface area contributed by atoms with E-state index in [1.165, 1.54) is 29.4 Å². The number of aromatic nitrogens is 1. The molecular formula is C26H31N5O3S. The number of amides is 3. The Bertz CT molecular complexity index is 1220. The van der Waals surface area contributed by atoms with E-state index < -0.39 is 0 Å². The van der Waals surface area contributed by atoms with Crippen LogP contribution in [-0.2, 0) is 14.4 Å². The highest BCUT2D eigenvalue weighted by molar-refractivity contribution is 7.14. The Labute approximate surface area is 209 Å². The molecular weight excluding hydrogens is 462 g/mol. The van der Waals surface area contributed by atoms with Gasteiger partial charge >= 0.3 is 0 Å². The topological polar surface area (TPSA) is 103 Å². The van der Waals surface area contributed by atoms with Crippen molar-refractivity contribution in [1.29, 1.82) is 0 Å². The lowest BCUT2D eigenvalue weighted by molar-refractivity contribution is -0.120. The number of hydrogen-bond donors (Lipinski definition) is 3. The molecule has 0 aliphatic rings. The van der Waals surface area contributed by atoms with Crippen LogP contribution in [0.4, 0.5) is 16.5 Å². The second-order valence-electron chi connectivity index (χ2n) is 8.45. The van der Waals surface area contributed by atoms with Gasteiger partial charge in [-0.05, 0) is 74.3 Å². The van der Waals surface area contributed by atoms with E-state index in [1.54, 1.807) is 29.2 Å². The number of carbonyl (C=O) groups excluding carboxylic acids is 3. The Morgan fingerprint density at radius 3 is 2.03 bits per heavy atom. The monoisotopic (exact) mass is 493 g/mol. The molecule has 0 spiro atoms. The lowest BCUT2D eigenvalue weighted by Crippen LogP contribution is -2.38. The van der Waals surface area contributed by atoms with Crippen LogP contribution in [-0.4, -0.2) is 47.2 Å². The van der Waals surface area contributed by atoms with Gasteiger partial charge in [0.05, 0.1) is 18.8 Å². The number of nitrogens with zero attached hydrogens (tertiary/aromatic N) is 2. The van der Waals surface area contributed by atoms with E-state index in [2.05, 4.69) is 53.8 Å². The van der Waals surface area contributed by atoms with Gasteiger partial charge in [0.25, 0.3) is 0 Å². The van der Waals surface area contributed by atoms with Crippen LogP contribution in [0.25, 0.3) is 11.3 Å². The molecule has 0 saturated carbocycles. The molecule has 184 valence electrons. The van der Waals surface area contributed by atoms with Crippen molar-refractivity contribution in [2.45, 2.75) is 34.6 Å². The highest BCUT2D eigenvalue weighted by Gasteiger charge is 2.16. The van der Waals surface area contributed by atoms with Crippen molar-refractivity contribution >= 4 is 45.6 Å². The molecule has 0 aliphatic heterocycles. The van der Waals surface area contributed by atoms with Crippen LogP contribution in [0.15, 0.2) is 41.8 Å². The maximum absolute atomic E-state index is 12.6. The summed E-state index contributed by atoms with van der Waals surface area (Å²) in [6.45, 7) is 10.2. The third kappa shape index (κ3) is 7.46. The van der Waals surface area contributed by atoms with Crippen LogP contribution in [0.3, 0.4) is 0 Å². The Morgan fingerprint density at radius 1 is 0.857 bits per heavy atom. The predicted octanol–water partition coefficient (Wildman–Crippen LogP) is 4.59. The number of benzene rings is 2. The summed E-state index contributed by atoms with van der Waals surface area (Å²) in [6, 6.07) is 11.1. The number of likely N-dealkylation sites (N-methyl/N-ethyl adjacent to an activating group) is 1. The molecule has 0 unspecified atom stereocenters. The molecule has 0 bridgehead atoms. The molecule has 2 aromatic carbocycles. The minimum absolute atomic E-state index is 0.0718. The summed E-state index contributed by atoms with van der Waals surface area (Å²) in [6.07, 6.45) is 0. The van der Waals surface area contributed by atoms with E-state index in [0.29, 0.717) is 23.1 Å². The fraction of sp³-hybridized carbons (Fsp3) is 0.308. The van der Waals surface area contributed by atoms with Gasteiger partial charge in [-0.15, -0.1) is 11.3 Å². The van der Waals surface area contributed by atoms with Gasteiger partial charge in [0.15, 0.2) is 5.13 Å². The van der Waals surface area contributed by atoms with Crippen LogP contribution in [0.2, 0.25) is 0 Å². The van der Waals surface area contributed by atoms with Crippen molar-refractivity contribution in [3.8, 4) is 11.3 Å². The molecule has 0 saturated heterocycles. The van der Waals surface area contributed by atoms with E-state index in [-0.39, 0.29) is 30.8 Å². The number of carbonyl (C=O) groups is 3. The van der Waals surface area contributed by atoms with Crippen LogP contribution < -0.4 is 16.0 Å². The van der Waals surface area contributed by atoms with Gasteiger partial charge in [-0.2, -0.15) is 0 Å². The molecule has 1 heterocycles. The number of nitrogens with one attached hydrogen (secondary N) is 3. The van der Waals surface area contributed by atoms with Gasteiger partial charge in [-0.1, -0.05) is 13.0 Å². The fourth-order valence-electron chi connectivity index (χ4n) is 3.58. The molecule has 3 aromatic rings. The molecule has 1 aromatic heterocycles. The van der Waals surface area contributed by atoms with Crippen molar-refractivity contribution in [2.75, 3.05) is 35.6 Å². The molecule has 0 aliphatic carbocycles. The van der Waals surface area contributed by atoms with Gasteiger partial charge in [0.1, 0.15) is 0 Å². The largest absolute Gasteiger partial charge is 0.326 e. The van der Waals surface area contributed by atoms with Gasteiger partial charge in [0, 0.05) is 29.2 Å². The van der Waals surface area contributed by atoms with E-state index in [1.807, 2.05) is 12.3 Å². The molecule has 3 rings (SSSR count). The molecule has 0 atom stereocenters. The van der Waals surface area contributed by atoms with E-state index >= 15 is 0 Å². The Kier molecular flexibility index (Phi) is 8.73. The first-order valence-corrected chi connectivity index (χ1v) is 12.3. The highest BCUT2D eigenvalue weighted by Crippen LogP contribution is 2.29. The SMILES string of the molecule is CCN(CC(=O)Nc1ccc(NC(C)=O)cc1)CC(=O)Nc1nc(-c2cc(C)c(C)cc2C)cs1. The average Bonchev–Trinajstić information content (AvgIpc) is 3.24. The third-order valence-corrected chi connectivity index (χ3v) is 6.30. The summed E-state index contributed by atoms with van der Waals surface area (Å²) < 4.78 is 0. The minimum atomic E-state index is -0.228. The maximum atomic E-state index is 12.6. The van der Waals surface area contributed by atoms with E-state index in [4.69, 9.17) is 0 Å². The van der Waals surface area contributed by atoms with Gasteiger partial charge < -0.3 is 16.0 Å². The Hall–Kier alpha value is -3.56. The molecule has 35 heavy (non-hydrogen) atoms. The maximum Gasteiger partial charge on any atom is 0.240 e. The number of thiazole rings is 1. The molecule has 3 amide bonds. The van der Waals surface area contributed by atoms with Crippen molar-refractivity contribution in [3.63, 3.8) is 0 Å². The number of hydrogen-bond acceptors (Lipinski definition) is 6. The van der Waals surface area contributed by atoms with Gasteiger partial charge in [-0.3, -0.25) is 19.3 Å². The summed E-state index contributed by atoms with van der Waals surface area (Å²) in [4.78, 5) is 42.5. The lowest BCUT2D eigenvalue weighted by atomic mass is 9.99. The highest BCUT2D eigenvalue weighted by atomic mass is 32.1.